The fraction of sp³-hybridized carbons (Fsp3) is 0.417. The molecule has 1 unspecified atom stereocenters. The Morgan fingerprint density at radius 3 is 2.59 bits per heavy atom. The summed E-state index contributed by atoms with van der Waals surface area (Å²) in [5.74, 6) is -0.773. The van der Waals surface area contributed by atoms with E-state index in [0.717, 1.165) is 0 Å². The molecule has 1 aromatic carbocycles. The van der Waals surface area contributed by atoms with Gasteiger partial charge in [0, 0.05) is 24.6 Å². The first kappa shape index (κ1) is 32.0. The number of nitrogens with two attached hydrogens (primary N) is 1. The van der Waals surface area contributed by atoms with E-state index < -0.39 is 48.1 Å². The van der Waals surface area contributed by atoms with Gasteiger partial charge in [0.15, 0.2) is 21.3 Å². The van der Waals surface area contributed by atoms with Crippen LogP contribution in [0.15, 0.2) is 38.8 Å². The summed E-state index contributed by atoms with van der Waals surface area (Å²) in [6.45, 7) is 3.20. The van der Waals surface area contributed by atoms with Crippen molar-refractivity contribution < 1.29 is 45.8 Å². The minimum absolute atomic E-state index is 0.0790. The minimum atomic E-state index is -4.15. The summed E-state index contributed by atoms with van der Waals surface area (Å²) < 4.78 is 59.8. The average molecular weight is 632 g/mol. The zero-order valence-corrected chi connectivity index (χ0v) is 24.8. The smallest absolute Gasteiger partial charge is 0.311 e. The Kier molecular flexibility index (Phi) is 10.1. The summed E-state index contributed by atoms with van der Waals surface area (Å²) in [5, 5.41) is 13.6. The molecule has 41 heavy (non-hydrogen) atoms. The average Bonchev–Trinajstić information content (AvgIpc) is 3.37. The number of primary sulfonamides is 1. The van der Waals surface area contributed by atoms with Crippen LogP contribution in [0.3, 0.4) is 0 Å². The Balaban J connectivity index is 1.78. The molecule has 1 amide bonds. The molecular weight excluding hydrogens is 602 g/mol. The van der Waals surface area contributed by atoms with Crippen LogP contribution in [0.4, 0.5) is 0 Å². The molecule has 0 fully saturated rings. The van der Waals surface area contributed by atoms with Crippen LogP contribution in [0.5, 0.6) is 11.5 Å². The third-order valence-electron chi connectivity index (χ3n) is 6.24. The van der Waals surface area contributed by atoms with Gasteiger partial charge < -0.3 is 19.2 Å². The Hall–Kier alpha value is -3.54. The fourth-order valence-electron chi connectivity index (χ4n) is 4.20. The topological polar surface area (TPSA) is 203 Å². The van der Waals surface area contributed by atoms with Crippen molar-refractivity contribution in [3.8, 4) is 11.5 Å². The normalized spacial score (nSPS) is 18.0. The Bertz CT molecular complexity index is 1570. The number of sulfonamides is 1. The van der Waals surface area contributed by atoms with Crippen LogP contribution in [-0.4, -0.2) is 64.2 Å². The van der Waals surface area contributed by atoms with Crippen LogP contribution >= 0.6 is 11.3 Å². The predicted octanol–water partition coefficient (Wildman–Crippen LogP) is 2.47. The number of hydrogen-bond donors (Lipinski definition) is 1. The maximum atomic E-state index is 13.3. The maximum absolute atomic E-state index is 13.3. The molecule has 0 radical (unpaired) electrons. The summed E-state index contributed by atoms with van der Waals surface area (Å²) in [5.41, 5.74) is 0.747. The van der Waals surface area contributed by atoms with E-state index in [9.17, 15) is 36.5 Å². The van der Waals surface area contributed by atoms with Gasteiger partial charge in [-0.3, -0.25) is 9.59 Å². The minimum Gasteiger partial charge on any atom is -0.493 e. The molecule has 1 aromatic heterocycles. The highest BCUT2D eigenvalue weighted by molar-refractivity contribution is 7.95. The lowest BCUT2D eigenvalue weighted by atomic mass is 10.0. The molecule has 14 nitrogen and oxygen atoms in total. The van der Waals surface area contributed by atoms with E-state index in [4.69, 9.17) is 14.6 Å². The molecule has 0 aliphatic carbocycles. The highest BCUT2D eigenvalue weighted by Gasteiger charge is 2.42. The van der Waals surface area contributed by atoms with Gasteiger partial charge in [-0.25, -0.2) is 22.0 Å². The number of fused-ring (bicyclic) bond motifs is 1. The Morgan fingerprint density at radius 2 is 1.98 bits per heavy atom. The second-order valence-electron chi connectivity index (χ2n) is 8.96. The van der Waals surface area contributed by atoms with Crippen molar-refractivity contribution >= 4 is 49.1 Å². The molecule has 0 bridgehead atoms. The number of carbonyl (C=O) groups is 2. The molecule has 0 saturated carbocycles. The number of hydrogen-bond acceptors (Lipinski definition) is 12. The van der Waals surface area contributed by atoms with Gasteiger partial charge in [0.2, 0.25) is 15.9 Å². The van der Waals surface area contributed by atoms with Crippen molar-refractivity contribution in [1.29, 1.82) is 0 Å². The SMILES string of the molecule is CCN(C(=O)C=Cc1ccc(OC(=O)CCCO[N+](=O)[O-])c(OC)c1)[C@H]1CC(C)S(=O)(=O)c2sc(S(N)(=O)=O)cc21. The molecule has 1 aliphatic rings. The number of nitrogens with zero attached hydrogens (tertiary/aromatic N) is 2. The molecule has 224 valence electrons. The monoisotopic (exact) mass is 631 g/mol. The van der Waals surface area contributed by atoms with Crippen molar-refractivity contribution in [1.82, 2.24) is 4.90 Å². The van der Waals surface area contributed by atoms with Gasteiger partial charge in [-0.1, -0.05) is 6.07 Å². The highest BCUT2D eigenvalue weighted by atomic mass is 32.3. The van der Waals surface area contributed by atoms with Crippen molar-refractivity contribution in [2.24, 2.45) is 5.14 Å². The van der Waals surface area contributed by atoms with E-state index >= 15 is 0 Å². The van der Waals surface area contributed by atoms with Crippen LogP contribution < -0.4 is 14.6 Å². The van der Waals surface area contributed by atoms with Crippen LogP contribution in [0.2, 0.25) is 0 Å². The first-order valence-corrected chi connectivity index (χ1v) is 16.1. The van der Waals surface area contributed by atoms with E-state index in [0.29, 0.717) is 16.9 Å². The first-order chi connectivity index (χ1) is 19.2. The number of methoxy groups -OCH3 is 1. The number of thiophene rings is 1. The fourth-order valence-corrected chi connectivity index (χ4v) is 8.60. The highest BCUT2D eigenvalue weighted by Crippen LogP contribution is 2.45. The van der Waals surface area contributed by atoms with Gasteiger partial charge >= 0.3 is 5.97 Å². The van der Waals surface area contributed by atoms with Crippen molar-refractivity contribution in [3.63, 3.8) is 0 Å². The largest absolute Gasteiger partial charge is 0.493 e. The molecule has 2 heterocycles. The number of sulfone groups is 1. The second kappa shape index (κ2) is 13.0. The number of carbonyl (C=O) groups excluding carboxylic acids is 2. The van der Waals surface area contributed by atoms with Crippen LogP contribution in [-0.2, 0) is 34.3 Å². The van der Waals surface area contributed by atoms with Gasteiger partial charge in [-0.15, -0.1) is 21.5 Å². The molecule has 17 heteroatoms. The predicted molar refractivity (Wildman–Crippen MR) is 147 cm³/mol. The number of esters is 1. The van der Waals surface area contributed by atoms with Crippen LogP contribution in [0.25, 0.3) is 6.08 Å². The lowest BCUT2D eigenvalue weighted by Gasteiger charge is -2.35. The molecule has 1 aliphatic heterocycles. The summed E-state index contributed by atoms with van der Waals surface area (Å²) in [6, 6.07) is 5.11. The molecule has 2 atom stereocenters. The van der Waals surface area contributed by atoms with Crippen LogP contribution in [0, 0.1) is 10.1 Å². The number of rotatable bonds is 12. The van der Waals surface area contributed by atoms with E-state index in [2.05, 4.69) is 4.84 Å². The number of benzene rings is 1. The number of ether oxygens (including phenoxy) is 2. The van der Waals surface area contributed by atoms with Gasteiger partial charge in [-0.2, -0.15) is 0 Å². The van der Waals surface area contributed by atoms with Crippen LogP contribution in [0.1, 0.15) is 50.3 Å². The Morgan fingerprint density at radius 1 is 1.27 bits per heavy atom. The van der Waals surface area contributed by atoms with Gasteiger partial charge in [-0.05, 0) is 56.5 Å². The first-order valence-electron chi connectivity index (χ1n) is 12.2. The molecule has 2 N–H and O–H groups in total. The number of likely N-dealkylation sites (N-methyl/N-ethyl adjacent to an activating group) is 1. The van der Waals surface area contributed by atoms with Gasteiger partial charge in [0.25, 0.3) is 5.09 Å². The van der Waals surface area contributed by atoms with Crippen molar-refractivity contribution in [2.75, 3.05) is 20.3 Å². The third-order valence-corrected chi connectivity index (χ3v) is 11.6. The second-order valence-corrected chi connectivity index (χ2v) is 14.4. The standard InChI is InChI=1S/C24H29N3O11S3/c1-4-26(18-12-15(2)40(32,33)24-17(18)14-23(39-24)41(25,34)35)21(28)10-8-16-7-9-19(20(13-16)36-3)38-22(29)6-5-11-37-27(30)31/h7-10,13-15,18H,4-6,11-12H2,1-3H3,(H2,25,34,35)/t15?,18-/m0/s1. The van der Waals surface area contributed by atoms with Crippen molar-refractivity contribution in [2.45, 2.75) is 52.8 Å². The van der Waals surface area contributed by atoms with E-state index in [1.54, 1.807) is 13.0 Å². The molecular formula is C24H29N3O11S3. The lowest BCUT2D eigenvalue weighted by Crippen LogP contribution is -2.39. The van der Waals surface area contributed by atoms with E-state index in [1.165, 1.54) is 49.3 Å². The maximum Gasteiger partial charge on any atom is 0.311 e. The zero-order valence-electron chi connectivity index (χ0n) is 22.3. The van der Waals surface area contributed by atoms with Crippen molar-refractivity contribution in [3.05, 3.63) is 51.6 Å². The summed E-state index contributed by atoms with van der Waals surface area (Å²) in [4.78, 5) is 41.1. The Labute approximate surface area is 240 Å². The quantitative estimate of drug-likeness (QED) is 0.0900. The molecule has 0 saturated heterocycles. The molecule has 2 aromatic rings. The lowest BCUT2D eigenvalue weighted by molar-refractivity contribution is -0.757. The number of amides is 1. The van der Waals surface area contributed by atoms with E-state index in [1.807, 2.05) is 0 Å². The summed E-state index contributed by atoms with van der Waals surface area (Å²) in [6.07, 6.45) is 2.84. The van der Waals surface area contributed by atoms with Gasteiger partial charge in [0.05, 0.1) is 25.0 Å². The zero-order chi connectivity index (χ0) is 30.5. The summed E-state index contributed by atoms with van der Waals surface area (Å²) >= 11 is 0.583. The van der Waals surface area contributed by atoms with Gasteiger partial charge in [0.1, 0.15) is 8.42 Å². The summed E-state index contributed by atoms with van der Waals surface area (Å²) in [7, 11) is -6.57. The van der Waals surface area contributed by atoms with E-state index in [-0.39, 0.29) is 57.9 Å². The molecule has 3 rings (SSSR count). The molecule has 0 spiro atoms. The third kappa shape index (κ3) is 7.60.